The van der Waals surface area contributed by atoms with E-state index in [1.807, 2.05) is 0 Å². The molecule has 0 bridgehead atoms. The molecule has 0 radical (unpaired) electrons. The van der Waals surface area contributed by atoms with E-state index in [4.69, 9.17) is 10.2 Å². The number of anilines is 1. The van der Waals surface area contributed by atoms with Gasteiger partial charge in [0.25, 0.3) is 5.69 Å². The summed E-state index contributed by atoms with van der Waals surface area (Å²) in [7, 11) is 0. The van der Waals surface area contributed by atoms with Crippen LogP contribution in [0.25, 0.3) is 0 Å². The maximum atomic E-state index is 12.7. The van der Waals surface area contributed by atoms with Gasteiger partial charge in [-0.2, -0.15) is 0 Å². The van der Waals surface area contributed by atoms with E-state index < -0.39 is 59.0 Å². The van der Waals surface area contributed by atoms with Crippen LogP contribution in [0.5, 0.6) is 0 Å². The van der Waals surface area contributed by atoms with E-state index in [1.165, 1.54) is 12.1 Å². The van der Waals surface area contributed by atoms with Crippen molar-refractivity contribution in [3.63, 3.8) is 0 Å². The number of carbonyl (C=O) groups is 5. The van der Waals surface area contributed by atoms with Crippen LogP contribution in [-0.2, 0) is 24.0 Å². The van der Waals surface area contributed by atoms with Crippen LogP contribution in [0.15, 0.2) is 24.3 Å². The van der Waals surface area contributed by atoms with Crippen LogP contribution in [-0.4, -0.2) is 56.9 Å². The standard InChI is InChI=1S/C20H26N4O9/c1-11(2)18(23-15(25)4-3-5-16(26)27)20(31)22-14(10-17(28)29)19(30)21-12-6-8-13(9-7-12)24(32)33/h6-9,11,14,18H,3-5,10H2,1-2H3,(H,21,30)(H,22,31)(H,23,25)(H,26,27)(H,28,29). The van der Waals surface area contributed by atoms with Gasteiger partial charge in [0, 0.05) is 30.7 Å². The fourth-order valence-electron chi connectivity index (χ4n) is 2.72. The quantitative estimate of drug-likeness (QED) is 0.206. The number of hydrogen-bond acceptors (Lipinski definition) is 7. The number of nitro groups is 1. The number of aliphatic carboxylic acids is 2. The van der Waals surface area contributed by atoms with Gasteiger partial charge in [0.15, 0.2) is 0 Å². The Balaban J connectivity index is 2.86. The SMILES string of the molecule is CC(C)C(NC(=O)CCCC(=O)O)C(=O)NC(CC(=O)O)C(=O)Nc1ccc([N+](=O)[O-])cc1. The zero-order valence-corrected chi connectivity index (χ0v) is 18.1. The lowest BCUT2D eigenvalue weighted by atomic mass is 10.0. The number of carbonyl (C=O) groups excluding carboxylic acids is 3. The third kappa shape index (κ3) is 9.76. The normalized spacial score (nSPS) is 12.3. The highest BCUT2D eigenvalue weighted by Crippen LogP contribution is 2.16. The van der Waals surface area contributed by atoms with E-state index in [0.29, 0.717) is 0 Å². The molecule has 13 heteroatoms. The van der Waals surface area contributed by atoms with Crippen molar-refractivity contribution in [1.82, 2.24) is 10.6 Å². The second-order valence-electron chi connectivity index (χ2n) is 7.49. The summed E-state index contributed by atoms with van der Waals surface area (Å²) in [5.41, 5.74) is -0.0513. The molecule has 13 nitrogen and oxygen atoms in total. The van der Waals surface area contributed by atoms with Crippen LogP contribution in [0.2, 0.25) is 0 Å². The first kappa shape index (κ1) is 27.0. The molecular weight excluding hydrogens is 440 g/mol. The van der Waals surface area contributed by atoms with Gasteiger partial charge in [0.1, 0.15) is 12.1 Å². The van der Waals surface area contributed by atoms with Crippen molar-refractivity contribution in [3.8, 4) is 0 Å². The molecule has 1 aromatic rings. The number of nitro benzene ring substituents is 1. The van der Waals surface area contributed by atoms with Gasteiger partial charge >= 0.3 is 11.9 Å². The maximum absolute atomic E-state index is 12.7. The van der Waals surface area contributed by atoms with Gasteiger partial charge in [-0.15, -0.1) is 0 Å². The van der Waals surface area contributed by atoms with Gasteiger partial charge in [-0.1, -0.05) is 13.8 Å². The molecule has 0 spiro atoms. The van der Waals surface area contributed by atoms with E-state index in [9.17, 15) is 34.1 Å². The summed E-state index contributed by atoms with van der Waals surface area (Å²) >= 11 is 0. The number of hydrogen-bond donors (Lipinski definition) is 5. The highest BCUT2D eigenvalue weighted by molar-refractivity contribution is 6.00. The Morgan fingerprint density at radius 1 is 0.939 bits per heavy atom. The van der Waals surface area contributed by atoms with E-state index in [2.05, 4.69) is 16.0 Å². The molecule has 2 atom stereocenters. The Morgan fingerprint density at radius 3 is 2.03 bits per heavy atom. The zero-order valence-electron chi connectivity index (χ0n) is 18.1. The summed E-state index contributed by atoms with van der Waals surface area (Å²) in [5, 5.41) is 35.6. The number of nitrogens with zero attached hydrogens (tertiary/aromatic N) is 1. The first-order valence-corrected chi connectivity index (χ1v) is 9.99. The molecule has 0 saturated heterocycles. The number of nitrogens with one attached hydrogen (secondary N) is 3. The second-order valence-corrected chi connectivity index (χ2v) is 7.49. The summed E-state index contributed by atoms with van der Waals surface area (Å²) in [6.45, 7) is 3.26. The minimum absolute atomic E-state index is 0.0763. The van der Waals surface area contributed by atoms with Gasteiger partial charge in [-0.05, 0) is 24.5 Å². The predicted molar refractivity (Wildman–Crippen MR) is 114 cm³/mol. The lowest BCUT2D eigenvalue weighted by Gasteiger charge is -2.24. The number of amides is 3. The minimum atomic E-state index is -1.49. The molecule has 3 amide bonds. The first-order chi connectivity index (χ1) is 15.4. The van der Waals surface area contributed by atoms with Crippen LogP contribution in [0, 0.1) is 16.0 Å². The minimum Gasteiger partial charge on any atom is -0.481 e. The van der Waals surface area contributed by atoms with Crippen LogP contribution in [0.1, 0.15) is 39.5 Å². The van der Waals surface area contributed by atoms with Crippen LogP contribution >= 0.6 is 0 Å². The number of rotatable bonds is 13. The van der Waals surface area contributed by atoms with Gasteiger partial charge in [-0.3, -0.25) is 34.1 Å². The zero-order chi connectivity index (χ0) is 25.1. The molecule has 180 valence electrons. The molecule has 33 heavy (non-hydrogen) atoms. The monoisotopic (exact) mass is 466 g/mol. The van der Waals surface area contributed by atoms with Crippen molar-refractivity contribution in [2.75, 3.05) is 5.32 Å². The van der Waals surface area contributed by atoms with Gasteiger partial charge in [0.2, 0.25) is 17.7 Å². The lowest BCUT2D eigenvalue weighted by molar-refractivity contribution is -0.384. The number of carboxylic acid groups (broad SMARTS) is 2. The number of non-ortho nitro benzene ring substituents is 1. The Bertz CT molecular complexity index is 899. The van der Waals surface area contributed by atoms with Crippen molar-refractivity contribution in [2.24, 2.45) is 5.92 Å². The van der Waals surface area contributed by atoms with Crippen molar-refractivity contribution < 1.29 is 39.1 Å². The molecule has 0 saturated carbocycles. The molecule has 0 fully saturated rings. The second kappa shape index (κ2) is 12.7. The average molecular weight is 466 g/mol. The van der Waals surface area contributed by atoms with Crippen molar-refractivity contribution in [2.45, 2.75) is 51.6 Å². The summed E-state index contributed by atoms with van der Waals surface area (Å²) in [6, 6.07) is 2.22. The molecule has 1 aromatic carbocycles. The Labute approximate surface area is 188 Å². The third-order valence-corrected chi connectivity index (χ3v) is 4.42. The average Bonchev–Trinajstić information content (AvgIpc) is 2.70. The molecule has 0 aliphatic carbocycles. The molecule has 5 N–H and O–H groups in total. The molecule has 2 unspecified atom stereocenters. The summed E-state index contributed by atoms with van der Waals surface area (Å²) in [5.74, 6) is -5.06. The lowest BCUT2D eigenvalue weighted by Crippen LogP contribution is -2.55. The summed E-state index contributed by atoms with van der Waals surface area (Å²) in [6.07, 6.45) is -1.01. The number of carboxylic acids is 2. The van der Waals surface area contributed by atoms with Gasteiger partial charge < -0.3 is 26.2 Å². The molecule has 0 aromatic heterocycles. The molecule has 1 rings (SSSR count). The fourth-order valence-corrected chi connectivity index (χ4v) is 2.72. The van der Waals surface area contributed by atoms with E-state index >= 15 is 0 Å². The van der Waals surface area contributed by atoms with E-state index in [1.54, 1.807) is 13.8 Å². The van der Waals surface area contributed by atoms with Crippen LogP contribution in [0.4, 0.5) is 11.4 Å². The Hall–Kier alpha value is -4.03. The first-order valence-electron chi connectivity index (χ1n) is 9.99. The maximum Gasteiger partial charge on any atom is 0.305 e. The molecule has 0 heterocycles. The Morgan fingerprint density at radius 2 is 1.55 bits per heavy atom. The topological polar surface area (TPSA) is 205 Å². The summed E-state index contributed by atoms with van der Waals surface area (Å²) < 4.78 is 0. The van der Waals surface area contributed by atoms with E-state index in [-0.39, 0.29) is 30.6 Å². The fraction of sp³-hybridized carbons (Fsp3) is 0.450. The highest BCUT2D eigenvalue weighted by atomic mass is 16.6. The van der Waals surface area contributed by atoms with Gasteiger partial charge in [0.05, 0.1) is 11.3 Å². The van der Waals surface area contributed by atoms with Gasteiger partial charge in [-0.25, -0.2) is 0 Å². The molecule has 0 aliphatic heterocycles. The smallest absolute Gasteiger partial charge is 0.305 e. The van der Waals surface area contributed by atoms with Crippen LogP contribution < -0.4 is 16.0 Å². The molecular formula is C20H26N4O9. The Kier molecular flexibility index (Phi) is 10.4. The largest absolute Gasteiger partial charge is 0.481 e. The van der Waals surface area contributed by atoms with E-state index in [0.717, 1.165) is 12.1 Å². The molecule has 0 aliphatic rings. The number of benzene rings is 1. The van der Waals surface area contributed by atoms with Crippen LogP contribution in [0.3, 0.4) is 0 Å². The van der Waals surface area contributed by atoms with Crippen molar-refractivity contribution >= 4 is 41.0 Å². The van der Waals surface area contributed by atoms with Crippen molar-refractivity contribution in [1.29, 1.82) is 0 Å². The van der Waals surface area contributed by atoms with Crippen molar-refractivity contribution in [3.05, 3.63) is 34.4 Å². The predicted octanol–water partition coefficient (Wildman–Crippen LogP) is 0.889. The summed E-state index contributed by atoms with van der Waals surface area (Å²) in [4.78, 5) is 69.2. The highest BCUT2D eigenvalue weighted by Gasteiger charge is 2.30. The third-order valence-electron chi connectivity index (χ3n) is 4.42.